The van der Waals surface area contributed by atoms with Crippen LogP contribution in [0.1, 0.15) is 52.0 Å². The molecular weight excluding hydrogens is 350 g/mol. The van der Waals surface area contributed by atoms with Gasteiger partial charge in [-0.3, -0.25) is 4.90 Å². The number of aromatic nitrogens is 1. The highest BCUT2D eigenvalue weighted by atomic mass is 16.2. The molecule has 6 nitrogen and oxygen atoms in total. The van der Waals surface area contributed by atoms with Gasteiger partial charge in [0, 0.05) is 38.4 Å². The summed E-state index contributed by atoms with van der Waals surface area (Å²) < 4.78 is 0. The Kier molecular flexibility index (Phi) is 7.54. The van der Waals surface area contributed by atoms with Crippen molar-refractivity contribution in [3.05, 3.63) is 23.9 Å². The molecule has 2 N–H and O–H groups in total. The van der Waals surface area contributed by atoms with Gasteiger partial charge in [0.15, 0.2) is 0 Å². The molecule has 0 aliphatic carbocycles. The number of urea groups is 1. The minimum atomic E-state index is -0.0975. The Labute approximate surface area is 170 Å². The first kappa shape index (κ1) is 20.9. The van der Waals surface area contributed by atoms with Gasteiger partial charge in [-0.2, -0.15) is 0 Å². The molecule has 0 bridgehead atoms. The zero-order chi connectivity index (χ0) is 19.9. The van der Waals surface area contributed by atoms with Gasteiger partial charge in [0.1, 0.15) is 5.82 Å². The van der Waals surface area contributed by atoms with Crippen molar-refractivity contribution in [2.45, 2.75) is 59.0 Å². The van der Waals surface area contributed by atoms with Gasteiger partial charge in [-0.05, 0) is 62.2 Å². The van der Waals surface area contributed by atoms with Gasteiger partial charge in [0.2, 0.25) is 0 Å². The summed E-state index contributed by atoms with van der Waals surface area (Å²) in [5, 5.41) is 6.05. The molecular formula is C22H37N5O. The smallest absolute Gasteiger partial charge is 0.315 e. The number of hydrogen-bond acceptors (Lipinski definition) is 4. The Balaban J connectivity index is 1.41. The van der Waals surface area contributed by atoms with E-state index in [0.717, 1.165) is 43.5 Å². The van der Waals surface area contributed by atoms with E-state index >= 15 is 0 Å². The highest BCUT2D eigenvalue weighted by Gasteiger charge is 2.25. The van der Waals surface area contributed by atoms with Gasteiger partial charge in [-0.15, -0.1) is 0 Å². The number of nitrogens with one attached hydrogen (secondary N) is 2. The monoisotopic (exact) mass is 387 g/mol. The number of piperidine rings is 1. The van der Waals surface area contributed by atoms with E-state index in [9.17, 15) is 4.79 Å². The number of anilines is 1. The molecule has 0 saturated carbocycles. The van der Waals surface area contributed by atoms with Crippen LogP contribution in [0, 0.1) is 11.8 Å². The summed E-state index contributed by atoms with van der Waals surface area (Å²) in [4.78, 5) is 21.7. The lowest BCUT2D eigenvalue weighted by atomic mass is 9.94. The van der Waals surface area contributed by atoms with E-state index in [1.54, 1.807) is 0 Å². The third-order valence-corrected chi connectivity index (χ3v) is 6.22. The van der Waals surface area contributed by atoms with E-state index < -0.39 is 0 Å². The fourth-order valence-corrected chi connectivity index (χ4v) is 4.24. The predicted molar refractivity (Wildman–Crippen MR) is 115 cm³/mol. The SMILES string of the molecule is CC1CCN(C(CNC(=O)NCc2ccc(N3CCCC3)nc2)C(C)C)CC1. The lowest BCUT2D eigenvalue weighted by molar-refractivity contribution is 0.108. The minimum absolute atomic E-state index is 0.0975. The third kappa shape index (κ3) is 5.84. The predicted octanol–water partition coefficient (Wildman–Crippen LogP) is 3.24. The van der Waals surface area contributed by atoms with Gasteiger partial charge in [0.25, 0.3) is 0 Å². The van der Waals surface area contributed by atoms with E-state index in [4.69, 9.17) is 0 Å². The average Bonchev–Trinajstić information content (AvgIpc) is 3.23. The van der Waals surface area contributed by atoms with Crippen molar-refractivity contribution in [1.29, 1.82) is 0 Å². The Bertz CT molecular complexity index is 604. The van der Waals surface area contributed by atoms with Crippen molar-refractivity contribution in [2.75, 3.05) is 37.6 Å². The first-order valence-corrected chi connectivity index (χ1v) is 11.0. The molecule has 3 rings (SSSR count). The van der Waals surface area contributed by atoms with Crippen LogP contribution in [0.25, 0.3) is 0 Å². The first-order chi connectivity index (χ1) is 13.5. The molecule has 3 heterocycles. The number of amides is 2. The average molecular weight is 388 g/mol. The second-order valence-electron chi connectivity index (χ2n) is 8.81. The number of hydrogen-bond donors (Lipinski definition) is 2. The van der Waals surface area contributed by atoms with Gasteiger partial charge in [0.05, 0.1) is 0 Å². The van der Waals surface area contributed by atoms with Crippen molar-refractivity contribution in [2.24, 2.45) is 11.8 Å². The molecule has 2 amide bonds. The molecule has 2 aliphatic heterocycles. The number of carbonyl (C=O) groups is 1. The first-order valence-electron chi connectivity index (χ1n) is 11.0. The second-order valence-corrected chi connectivity index (χ2v) is 8.81. The van der Waals surface area contributed by atoms with Crippen molar-refractivity contribution >= 4 is 11.8 Å². The summed E-state index contributed by atoms with van der Waals surface area (Å²) in [6.45, 7) is 12.5. The summed E-state index contributed by atoms with van der Waals surface area (Å²) in [5.74, 6) is 2.39. The summed E-state index contributed by atoms with van der Waals surface area (Å²) in [7, 11) is 0. The maximum Gasteiger partial charge on any atom is 0.315 e. The van der Waals surface area contributed by atoms with Crippen LogP contribution in [-0.2, 0) is 6.54 Å². The number of pyridine rings is 1. The van der Waals surface area contributed by atoms with E-state index in [0.29, 0.717) is 25.0 Å². The van der Waals surface area contributed by atoms with Crippen LogP contribution in [0.5, 0.6) is 0 Å². The Morgan fingerprint density at radius 1 is 1.14 bits per heavy atom. The Hall–Kier alpha value is -1.82. The number of rotatable bonds is 7. The molecule has 1 unspecified atom stereocenters. The molecule has 2 fully saturated rings. The van der Waals surface area contributed by atoms with Crippen LogP contribution in [-0.4, -0.2) is 54.7 Å². The molecule has 2 saturated heterocycles. The molecule has 6 heteroatoms. The zero-order valence-electron chi connectivity index (χ0n) is 17.8. The van der Waals surface area contributed by atoms with E-state index in [2.05, 4.69) is 58.3 Å². The van der Waals surface area contributed by atoms with Crippen molar-refractivity contribution in [3.63, 3.8) is 0 Å². The molecule has 0 spiro atoms. The number of carbonyl (C=O) groups excluding carboxylic acids is 1. The second kappa shape index (κ2) is 10.1. The van der Waals surface area contributed by atoms with Crippen molar-refractivity contribution < 1.29 is 4.79 Å². The van der Waals surface area contributed by atoms with Crippen molar-refractivity contribution in [3.8, 4) is 0 Å². The highest BCUT2D eigenvalue weighted by molar-refractivity contribution is 5.73. The summed E-state index contributed by atoms with van der Waals surface area (Å²) >= 11 is 0. The Morgan fingerprint density at radius 3 is 2.46 bits per heavy atom. The largest absolute Gasteiger partial charge is 0.357 e. The molecule has 0 radical (unpaired) electrons. The highest BCUT2D eigenvalue weighted by Crippen LogP contribution is 2.21. The normalized spacial score (nSPS) is 19.8. The van der Waals surface area contributed by atoms with Gasteiger partial charge < -0.3 is 15.5 Å². The number of likely N-dealkylation sites (tertiary alicyclic amines) is 1. The van der Waals surface area contributed by atoms with Crippen LogP contribution in [0.3, 0.4) is 0 Å². The van der Waals surface area contributed by atoms with Crippen LogP contribution >= 0.6 is 0 Å². The van der Waals surface area contributed by atoms with Gasteiger partial charge in [-0.25, -0.2) is 9.78 Å². The summed E-state index contributed by atoms with van der Waals surface area (Å²) in [5.41, 5.74) is 1.03. The van der Waals surface area contributed by atoms with Crippen LogP contribution in [0.15, 0.2) is 18.3 Å². The molecule has 28 heavy (non-hydrogen) atoms. The van der Waals surface area contributed by atoms with E-state index in [1.165, 1.54) is 25.7 Å². The van der Waals surface area contributed by atoms with Gasteiger partial charge >= 0.3 is 6.03 Å². The quantitative estimate of drug-likeness (QED) is 0.754. The number of nitrogens with zero attached hydrogens (tertiary/aromatic N) is 3. The molecule has 0 aromatic carbocycles. The minimum Gasteiger partial charge on any atom is -0.357 e. The topological polar surface area (TPSA) is 60.5 Å². The fourth-order valence-electron chi connectivity index (χ4n) is 4.24. The van der Waals surface area contributed by atoms with E-state index in [-0.39, 0.29) is 6.03 Å². The molecule has 1 atom stereocenters. The standard InChI is InChI=1S/C22H37N5O/c1-17(2)20(26-12-8-18(3)9-13-26)16-25-22(28)24-15-19-6-7-21(23-14-19)27-10-4-5-11-27/h6-7,14,17-18,20H,4-5,8-13,15-16H2,1-3H3,(H2,24,25,28). The zero-order valence-corrected chi connectivity index (χ0v) is 17.8. The molecule has 156 valence electrons. The molecule has 2 aliphatic rings. The fraction of sp³-hybridized carbons (Fsp3) is 0.727. The maximum absolute atomic E-state index is 12.3. The molecule has 1 aromatic rings. The summed E-state index contributed by atoms with van der Waals surface area (Å²) in [6.07, 6.45) is 6.89. The Morgan fingerprint density at radius 2 is 1.86 bits per heavy atom. The molecule has 1 aromatic heterocycles. The van der Waals surface area contributed by atoms with Crippen LogP contribution in [0.2, 0.25) is 0 Å². The summed E-state index contributed by atoms with van der Waals surface area (Å²) in [6, 6.07) is 4.43. The van der Waals surface area contributed by atoms with Crippen LogP contribution < -0.4 is 15.5 Å². The maximum atomic E-state index is 12.3. The third-order valence-electron chi connectivity index (χ3n) is 6.22. The lowest BCUT2D eigenvalue weighted by Gasteiger charge is -2.38. The van der Waals surface area contributed by atoms with Crippen LogP contribution in [0.4, 0.5) is 10.6 Å². The lowest BCUT2D eigenvalue weighted by Crippen LogP contribution is -2.51. The van der Waals surface area contributed by atoms with Crippen molar-refractivity contribution in [1.82, 2.24) is 20.5 Å². The van der Waals surface area contributed by atoms with E-state index in [1.807, 2.05) is 6.20 Å². The van der Waals surface area contributed by atoms with Gasteiger partial charge in [-0.1, -0.05) is 26.8 Å².